The van der Waals surface area contributed by atoms with E-state index in [2.05, 4.69) is 74.0 Å². The average Bonchev–Trinajstić information content (AvgIpc) is 2.21. The van der Waals surface area contributed by atoms with Crippen molar-refractivity contribution in [2.75, 3.05) is 28.2 Å². The van der Waals surface area contributed by atoms with Gasteiger partial charge in [0.15, 0.2) is 0 Å². The van der Waals surface area contributed by atoms with Gasteiger partial charge in [-0.2, -0.15) is 10.2 Å². The highest BCUT2D eigenvalue weighted by Crippen LogP contribution is 2.24. The lowest BCUT2D eigenvalue weighted by molar-refractivity contribution is -0.174. The van der Waals surface area contributed by atoms with Crippen LogP contribution >= 0.6 is 0 Å². The highest BCUT2D eigenvalue weighted by atomic mass is 29.8. The van der Waals surface area contributed by atoms with Gasteiger partial charge in [-0.05, 0) is 14.1 Å². The Morgan fingerprint density at radius 1 is 0.812 bits per heavy atom. The molecule has 1 fully saturated rings. The van der Waals surface area contributed by atoms with Crippen LogP contribution in [-0.2, 0) is 0 Å². The summed E-state index contributed by atoms with van der Waals surface area (Å²) >= 11 is 0. The van der Waals surface area contributed by atoms with Crippen molar-refractivity contribution < 1.29 is 0 Å². The molecule has 1 saturated heterocycles. The molecule has 8 heteroatoms. The van der Waals surface area contributed by atoms with Crippen LogP contribution in [0.4, 0.5) is 0 Å². The van der Waals surface area contributed by atoms with Crippen LogP contribution in [0, 0.1) is 0 Å². The molecule has 1 aliphatic rings. The van der Waals surface area contributed by atoms with Crippen molar-refractivity contribution in [2.45, 2.75) is 26.2 Å². The fourth-order valence-corrected chi connectivity index (χ4v) is 49.3. The fraction of sp³-hybridized carbons (Fsp3) is 1.00. The maximum Gasteiger partial charge on any atom is 0.128 e. The van der Waals surface area contributed by atoms with Gasteiger partial charge in [0.25, 0.3) is 0 Å². The smallest absolute Gasteiger partial charge is 0.128 e. The second-order valence-electron chi connectivity index (χ2n) is 6.08. The van der Waals surface area contributed by atoms with Crippen molar-refractivity contribution in [1.29, 1.82) is 0 Å². The molecule has 1 aliphatic heterocycles. The van der Waals surface area contributed by atoms with Crippen molar-refractivity contribution in [2.24, 2.45) is 0 Å². The molecule has 0 spiro atoms. The second-order valence-corrected chi connectivity index (χ2v) is 38.0. The summed E-state index contributed by atoms with van der Waals surface area (Å²) in [7, 11) is 7.06. The maximum absolute atomic E-state index is 2.65. The van der Waals surface area contributed by atoms with E-state index < -0.39 is 14.9 Å². The van der Waals surface area contributed by atoms with Crippen molar-refractivity contribution in [3.63, 3.8) is 0 Å². The lowest BCUT2D eigenvalue weighted by atomic mass is 11.2. The minimum Gasteiger partial charge on any atom is -0.263 e. The summed E-state index contributed by atoms with van der Waals surface area (Å²) < 4.78 is 5.09. The summed E-state index contributed by atoms with van der Waals surface area (Å²) in [5.74, 6) is 0. The second kappa shape index (κ2) is 4.76. The van der Waals surface area contributed by atoms with E-state index in [1.807, 2.05) is 0 Å². The monoisotopic (exact) mass is 292 g/mol. The normalized spacial score (nSPS) is 33.0. The molecule has 0 saturated carbocycles. The molecule has 0 aromatic heterocycles. The highest BCUT2D eigenvalue weighted by molar-refractivity contribution is 7.67. The lowest BCUT2D eigenvalue weighted by Crippen LogP contribution is -2.77. The summed E-state index contributed by atoms with van der Waals surface area (Å²) in [6.07, 6.45) is 0. The van der Waals surface area contributed by atoms with Gasteiger partial charge in [-0.15, -0.1) is 0 Å². The van der Waals surface area contributed by atoms with Crippen molar-refractivity contribution in [3.05, 3.63) is 0 Å². The van der Waals surface area contributed by atoms with Crippen LogP contribution < -0.4 is 0 Å². The summed E-state index contributed by atoms with van der Waals surface area (Å²) in [6.45, 7) is 10.5. The molecule has 0 radical (unpaired) electrons. The van der Waals surface area contributed by atoms with Crippen molar-refractivity contribution in [1.82, 2.24) is 19.6 Å². The fourth-order valence-electron chi connectivity index (χ4n) is 2.11. The number of hydrazine groups is 3. The third kappa shape index (κ3) is 2.43. The first-order chi connectivity index (χ1) is 7.11. The van der Waals surface area contributed by atoms with E-state index >= 15 is 0 Å². The third-order valence-electron chi connectivity index (χ3n) is 4.87. The third-order valence-corrected chi connectivity index (χ3v) is 57.7. The molecule has 0 aromatic rings. The Hall–Kier alpha value is 0.708. The van der Waals surface area contributed by atoms with E-state index in [0.717, 1.165) is 0 Å². The topological polar surface area (TPSA) is 13.0 Å². The van der Waals surface area contributed by atoms with Crippen LogP contribution in [0.1, 0.15) is 0 Å². The van der Waals surface area contributed by atoms with Gasteiger partial charge in [-0.25, -0.2) is 0 Å². The van der Waals surface area contributed by atoms with E-state index in [0.29, 0.717) is 0 Å². The molecule has 16 heavy (non-hydrogen) atoms. The Bertz CT molecular complexity index is 260. The van der Waals surface area contributed by atoms with Gasteiger partial charge in [0.1, 0.15) is 7.75 Å². The maximum atomic E-state index is 2.65. The molecule has 0 bridgehead atoms. The van der Waals surface area contributed by atoms with E-state index in [-0.39, 0.29) is 17.8 Å². The SMILES string of the molecule is CN1[SiH2][SiH2][Si](C)(C)[Si](C)(C)N(C)N(C)N1C. The molecule has 1 rings (SSSR count). The van der Waals surface area contributed by atoms with Gasteiger partial charge in [0, 0.05) is 29.8 Å². The van der Waals surface area contributed by atoms with Crippen molar-refractivity contribution in [3.8, 4) is 0 Å². The van der Waals surface area contributed by atoms with Gasteiger partial charge in [0.2, 0.25) is 0 Å². The van der Waals surface area contributed by atoms with Crippen LogP contribution in [0.15, 0.2) is 0 Å². The summed E-state index contributed by atoms with van der Waals surface area (Å²) in [6, 6.07) is 0. The number of rotatable bonds is 0. The van der Waals surface area contributed by atoms with E-state index in [9.17, 15) is 0 Å². The Morgan fingerprint density at radius 2 is 1.31 bits per heavy atom. The molecule has 0 N–H and O–H groups in total. The molecule has 0 unspecified atom stereocenters. The van der Waals surface area contributed by atoms with Crippen molar-refractivity contribution >= 4 is 32.6 Å². The zero-order chi connectivity index (χ0) is 12.7. The van der Waals surface area contributed by atoms with Gasteiger partial charge >= 0.3 is 0 Å². The Labute approximate surface area is 107 Å². The van der Waals surface area contributed by atoms with E-state index in [1.54, 1.807) is 0 Å². The van der Waals surface area contributed by atoms with Gasteiger partial charge in [0.05, 0.1) is 9.20 Å². The van der Waals surface area contributed by atoms with E-state index in [4.69, 9.17) is 0 Å². The highest BCUT2D eigenvalue weighted by Gasteiger charge is 2.47. The number of hydrogen-bond acceptors (Lipinski definition) is 4. The molecular formula is C8H28N4Si4. The largest absolute Gasteiger partial charge is 0.263 e. The predicted octanol–water partition coefficient (Wildman–Crippen LogP) is -0.872. The first kappa shape index (κ1) is 14.8. The van der Waals surface area contributed by atoms with Gasteiger partial charge in [-0.1, -0.05) is 26.2 Å². The van der Waals surface area contributed by atoms with Crippen LogP contribution in [0.25, 0.3) is 0 Å². The van der Waals surface area contributed by atoms with Gasteiger partial charge in [-0.3, -0.25) is 9.35 Å². The number of hydrogen-bond donors (Lipinski definition) is 0. The standard InChI is InChI=1S/C8H28N4Si4/c1-9-10(2)12(4)15(5,6)16(7,8)14-13-11(9)3/h13-14H2,1-8H3. The molecule has 1 heterocycles. The zero-order valence-electron chi connectivity index (χ0n) is 12.2. The quantitative estimate of drug-likeness (QED) is 0.538. The van der Waals surface area contributed by atoms with Crippen LogP contribution in [0.5, 0.6) is 0 Å². The minimum atomic E-state index is -1.21. The molecule has 4 nitrogen and oxygen atoms in total. The summed E-state index contributed by atoms with van der Waals surface area (Å²) in [5.41, 5.74) is 0. The first-order valence-corrected chi connectivity index (χ1v) is 19.9. The summed E-state index contributed by atoms with van der Waals surface area (Å²) in [5, 5.41) is 4.65. The van der Waals surface area contributed by atoms with Gasteiger partial charge < -0.3 is 0 Å². The average molecular weight is 293 g/mol. The molecule has 0 amide bonds. The molecular weight excluding hydrogens is 264 g/mol. The zero-order valence-corrected chi connectivity index (χ0v) is 17.0. The van der Waals surface area contributed by atoms with Crippen LogP contribution in [0.2, 0.25) is 26.2 Å². The molecule has 96 valence electrons. The minimum absolute atomic E-state index is 0.0273. The molecule has 0 atom stereocenters. The Morgan fingerprint density at radius 3 is 1.81 bits per heavy atom. The number of nitrogens with zero attached hydrogens (tertiary/aromatic N) is 4. The van der Waals surface area contributed by atoms with Crippen LogP contribution in [0.3, 0.4) is 0 Å². The lowest BCUT2D eigenvalue weighted by Gasteiger charge is -2.54. The predicted molar refractivity (Wildman–Crippen MR) is 83.1 cm³/mol. The Balaban J connectivity index is 3.04. The van der Waals surface area contributed by atoms with Crippen LogP contribution in [-0.4, -0.2) is 80.4 Å². The Kier molecular flexibility index (Phi) is 4.40. The van der Waals surface area contributed by atoms with E-state index in [1.165, 1.54) is 0 Å². The molecule has 0 aromatic carbocycles. The molecule has 0 aliphatic carbocycles. The summed E-state index contributed by atoms with van der Waals surface area (Å²) in [4.78, 5) is 0. The first-order valence-electron chi connectivity index (χ1n) is 6.03.